The second-order valence-electron chi connectivity index (χ2n) is 7.28. The van der Waals surface area contributed by atoms with Gasteiger partial charge in [-0.05, 0) is 36.6 Å². The summed E-state index contributed by atoms with van der Waals surface area (Å²) in [5, 5.41) is 4.11. The van der Waals surface area contributed by atoms with Crippen molar-refractivity contribution < 1.29 is 14.3 Å². The molecule has 0 N–H and O–H groups in total. The van der Waals surface area contributed by atoms with Crippen LogP contribution in [0, 0.1) is 0 Å². The largest absolute Gasteiger partial charge is 0.497 e. The van der Waals surface area contributed by atoms with E-state index in [1.165, 1.54) is 6.33 Å². The van der Waals surface area contributed by atoms with Gasteiger partial charge in [0.15, 0.2) is 0 Å². The standard InChI is InChI=1S/C21H25N5O3/c1-28-18-7-8-19(29-2)16(10-18)13-25(17-5-3-4-6-17)20(27)9-15-11-22-21-23-14-24-26(21)12-15/h7-8,10-12,14,17H,3-6,9,13H2,1-2H3. The number of amides is 1. The fourth-order valence-corrected chi connectivity index (χ4v) is 3.95. The molecule has 4 rings (SSSR count). The van der Waals surface area contributed by atoms with Crippen molar-refractivity contribution in [1.29, 1.82) is 0 Å². The Morgan fingerprint density at radius 1 is 1.21 bits per heavy atom. The first-order chi connectivity index (χ1) is 14.2. The molecule has 1 aromatic carbocycles. The minimum absolute atomic E-state index is 0.0723. The summed E-state index contributed by atoms with van der Waals surface area (Å²) in [6, 6.07) is 5.93. The Balaban J connectivity index is 1.59. The lowest BCUT2D eigenvalue weighted by Gasteiger charge is -2.30. The van der Waals surface area contributed by atoms with Gasteiger partial charge in [-0.3, -0.25) is 4.79 Å². The van der Waals surface area contributed by atoms with Gasteiger partial charge in [-0.2, -0.15) is 10.1 Å². The molecule has 152 valence electrons. The molecule has 2 heterocycles. The van der Waals surface area contributed by atoms with Crippen LogP contribution in [0.15, 0.2) is 36.9 Å². The fraction of sp³-hybridized carbons (Fsp3) is 0.429. The van der Waals surface area contributed by atoms with E-state index in [1.807, 2.05) is 29.3 Å². The summed E-state index contributed by atoms with van der Waals surface area (Å²) < 4.78 is 12.5. The van der Waals surface area contributed by atoms with Gasteiger partial charge >= 0.3 is 0 Å². The van der Waals surface area contributed by atoms with Crippen LogP contribution in [-0.2, 0) is 17.8 Å². The first-order valence-electron chi connectivity index (χ1n) is 9.82. The van der Waals surface area contributed by atoms with Crippen LogP contribution < -0.4 is 9.47 Å². The molecule has 29 heavy (non-hydrogen) atoms. The van der Waals surface area contributed by atoms with Crippen LogP contribution in [-0.4, -0.2) is 50.7 Å². The predicted octanol–water partition coefficient (Wildman–Crippen LogP) is 2.66. The van der Waals surface area contributed by atoms with E-state index in [9.17, 15) is 4.79 Å². The molecule has 0 aliphatic heterocycles. The number of aromatic nitrogens is 4. The summed E-state index contributed by atoms with van der Waals surface area (Å²) in [6.45, 7) is 0.489. The Morgan fingerprint density at radius 2 is 2.03 bits per heavy atom. The SMILES string of the molecule is COc1ccc(OC)c(CN(C(=O)Cc2cnc3ncnn3c2)C2CCCC2)c1. The van der Waals surface area contributed by atoms with Gasteiger partial charge in [0, 0.05) is 30.5 Å². The zero-order chi connectivity index (χ0) is 20.2. The van der Waals surface area contributed by atoms with Gasteiger partial charge in [-0.15, -0.1) is 0 Å². The van der Waals surface area contributed by atoms with E-state index >= 15 is 0 Å². The molecule has 1 amide bonds. The second-order valence-corrected chi connectivity index (χ2v) is 7.28. The van der Waals surface area contributed by atoms with Crippen LogP contribution >= 0.6 is 0 Å². The molecule has 8 nitrogen and oxygen atoms in total. The highest BCUT2D eigenvalue weighted by Crippen LogP contribution is 2.30. The maximum Gasteiger partial charge on any atom is 0.252 e. The van der Waals surface area contributed by atoms with E-state index in [0.29, 0.717) is 12.3 Å². The molecule has 8 heteroatoms. The van der Waals surface area contributed by atoms with Gasteiger partial charge < -0.3 is 14.4 Å². The Kier molecular flexibility index (Phi) is 5.59. The van der Waals surface area contributed by atoms with Gasteiger partial charge in [-0.25, -0.2) is 9.50 Å². The predicted molar refractivity (Wildman–Crippen MR) is 107 cm³/mol. The molecule has 1 aliphatic rings. The van der Waals surface area contributed by atoms with Crippen LogP contribution in [0.3, 0.4) is 0 Å². The van der Waals surface area contributed by atoms with Crippen molar-refractivity contribution in [1.82, 2.24) is 24.5 Å². The number of methoxy groups -OCH3 is 2. The highest BCUT2D eigenvalue weighted by Gasteiger charge is 2.28. The molecule has 0 radical (unpaired) electrons. The Hall–Kier alpha value is -3.16. The molecule has 0 spiro atoms. The number of hydrogen-bond donors (Lipinski definition) is 0. The molecule has 0 atom stereocenters. The van der Waals surface area contributed by atoms with E-state index in [0.717, 1.165) is 48.3 Å². The summed E-state index contributed by atoms with van der Waals surface area (Å²) in [6.07, 6.45) is 9.58. The number of carbonyl (C=O) groups excluding carboxylic acids is 1. The third-order valence-electron chi connectivity index (χ3n) is 5.46. The van der Waals surface area contributed by atoms with E-state index in [4.69, 9.17) is 9.47 Å². The number of nitrogens with zero attached hydrogens (tertiary/aromatic N) is 5. The number of rotatable bonds is 7. The van der Waals surface area contributed by atoms with Gasteiger partial charge in [0.2, 0.25) is 5.91 Å². The minimum atomic E-state index is 0.0723. The van der Waals surface area contributed by atoms with Crippen LogP contribution in [0.1, 0.15) is 36.8 Å². The molecule has 0 bridgehead atoms. The molecule has 3 aromatic rings. The smallest absolute Gasteiger partial charge is 0.252 e. The Labute approximate surface area is 169 Å². The van der Waals surface area contributed by atoms with Crippen molar-refractivity contribution >= 4 is 11.7 Å². The average Bonchev–Trinajstić information content (AvgIpc) is 3.43. The van der Waals surface area contributed by atoms with Crippen molar-refractivity contribution in [2.24, 2.45) is 0 Å². The monoisotopic (exact) mass is 395 g/mol. The van der Waals surface area contributed by atoms with Crippen LogP contribution in [0.25, 0.3) is 5.78 Å². The first-order valence-corrected chi connectivity index (χ1v) is 9.82. The van der Waals surface area contributed by atoms with Gasteiger partial charge in [-0.1, -0.05) is 12.8 Å². The van der Waals surface area contributed by atoms with E-state index in [2.05, 4.69) is 15.1 Å². The van der Waals surface area contributed by atoms with Crippen molar-refractivity contribution in [2.75, 3.05) is 14.2 Å². The average molecular weight is 395 g/mol. The van der Waals surface area contributed by atoms with Crippen molar-refractivity contribution in [3.63, 3.8) is 0 Å². The molecule has 0 saturated heterocycles. The van der Waals surface area contributed by atoms with Gasteiger partial charge in [0.25, 0.3) is 5.78 Å². The van der Waals surface area contributed by atoms with Crippen LogP contribution in [0.5, 0.6) is 11.5 Å². The molecular weight excluding hydrogens is 370 g/mol. The number of carbonyl (C=O) groups is 1. The molecular formula is C21H25N5O3. The second kappa shape index (κ2) is 8.46. The highest BCUT2D eigenvalue weighted by molar-refractivity contribution is 5.79. The zero-order valence-electron chi connectivity index (χ0n) is 16.7. The summed E-state index contributed by atoms with van der Waals surface area (Å²) in [5.74, 6) is 2.10. The number of hydrogen-bond acceptors (Lipinski definition) is 6. The normalized spacial score (nSPS) is 14.3. The van der Waals surface area contributed by atoms with E-state index in [-0.39, 0.29) is 18.4 Å². The molecule has 2 aromatic heterocycles. The first kappa shape index (κ1) is 19.2. The summed E-state index contributed by atoms with van der Waals surface area (Å²) in [4.78, 5) is 23.6. The maximum absolute atomic E-state index is 13.3. The van der Waals surface area contributed by atoms with Crippen molar-refractivity contribution in [3.05, 3.63) is 48.0 Å². The quantitative estimate of drug-likeness (QED) is 0.612. The van der Waals surface area contributed by atoms with E-state index in [1.54, 1.807) is 24.9 Å². The number of ether oxygens (including phenoxy) is 2. The third-order valence-corrected chi connectivity index (χ3v) is 5.46. The molecule has 1 aliphatic carbocycles. The van der Waals surface area contributed by atoms with Crippen molar-refractivity contribution in [3.8, 4) is 11.5 Å². The Bertz CT molecular complexity index is 997. The minimum Gasteiger partial charge on any atom is -0.497 e. The summed E-state index contributed by atoms with van der Waals surface area (Å²) >= 11 is 0. The maximum atomic E-state index is 13.3. The Morgan fingerprint density at radius 3 is 2.79 bits per heavy atom. The number of fused-ring (bicyclic) bond motifs is 1. The molecule has 1 fully saturated rings. The fourth-order valence-electron chi connectivity index (χ4n) is 3.95. The zero-order valence-corrected chi connectivity index (χ0v) is 16.7. The molecule has 1 saturated carbocycles. The number of benzene rings is 1. The van der Waals surface area contributed by atoms with Crippen LogP contribution in [0.2, 0.25) is 0 Å². The summed E-state index contributed by atoms with van der Waals surface area (Å²) in [7, 11) is 3.28. The lowest BCUT2D eigenvalue weighted by atomic mass is 10.1. The summed E-state index contributed by atoms with van der Waals surface area (Å²) in [5.41, 5.74) is 1.76. The van der Waals surface area contributed by atoms with Gasteiger partial charge in [0.1, 0.15) is 17.8 Å². The third kappa shape index (κ3) is 4.16. The lowest BCUT2D eigenvalue weighted by molar-refractivity contribution is -0.133. The van der Waals surface area contributed by atoms with Crippen molar-refractivity contribution in [2.45, 2.75) is 44.7 Å². The van der Waals surface area contributed by atoms with E-state index < -0.39 is 0 Å². The highest BCUT2D eigenvalue weighted by atomic mass is 16.5. The topological polar surface area (TPSA) is 81.9 Å². The van der Waals surface area contributed by atoms with Gasteiger partial charge in [0.05, 0.1) is 20.6 Å². The molecule has 0 unspecified atom stereocenters. The lowest BCUT2D eigenvalue weighted by Crippen LogP contribution is -2.39. The van der Waals surface area contributed by atoms with Crippen LogP contribution in [0.4, 0.5) is 0 Å².